The molecule has 4 heteroatoms. The molecule has 0 aliphatic carbocycles. The highest BCUT2D eigenvalue weighted by molar-refractivity contribution is 5.83. The smallest absolute Gasteiger partial charge is 0.220 e. The molecular formula is C12H16N2O2. The summed E-state index contributed by atoms with van der Waals surface area (Å²) in [5.74, 6) is -0.0540. The molecule has 0 bridgehead atoms. The van der Waals surface area contributed by atoms with Gasteiger partial charge in [0.25, 0.3) is 0 Å². The van der Waals surface area contributed by atoms with E-state index in [1.165, 1.54) is 6.92 Å². The van der Waals surface area contributed by atoms with Gasteiger partial charge in [0.05, 0.1) is 0 Å². The zero-order chi connectivity index (χ0) is 12.0. The Kier molecular flexibility index (Phi) is 4.64. The van der Waals surface area contributed by atoms with E-state index < -0.39 is 0 Å². The van der Waals surface area contributed by atoms with Gasteiger partial charge < -0.3 is 10.1 Å². The van der Waals surface area contributed by atoms with Crippen molar-refractivity contribution in [2.24, 2.45) is 0 Å². The molecule has 0 saturated carbocycles. The predicted molar refractivity (Wildman–Crippen MR) is 60.7 cm³/mol. The molecule has 1 amide bonds. The van der Waals surface area contributed by atoms with Gasteiger partial charge in [0.2, 0.25) is 5.91 Å². The van der Waals surface area contributed by atoms with Crippen LogP contribution in [-0.4, -0.2) is 16.7 Å². The summed E-state index contributed by atoms with van der Waals surface area (Å²) in [6.07, 6.45) is 4.03. The summed E-state index contributed by atoms with van der Waals surface area (Å²) in [7, 11) is 0. The highest BCUT2D eigenvalue weighted by atomic mass is 16.2. The van der Waals surface area contributed by atoms with E-state index in [0.717, 1.165) is 11.1 Å². The maximum absolute atomic E-state index is 11.4. The first kappa shape index (κ1) is 12.4. The zero-order valence-electron chi connectivity index (χ0n) is 9.62. The highest BCUT2D eigenvalue weighted by Crippen LogP contribution is 2.04. The van der Waals surface area contributed by atoms with E-state index >= 15 is 0 Å². The first-order valence-electron chi connectivity index (χ1n) is 5.25. The summed E-state index contributed by atoms with van der Waals surface area (Å²) in [5.41, 5.74) is 2.10. The van der Waals surface area contributed by atoms with Crippen LogP contribution >= 0.6 is 0 Å². The zero-order valence-corrected chi connectivity index (χ0v) is 9.62. The van der Waals surface area contributed by atoms with Gasteiger partial charge >= 0.3 is 0 Å². The molecule has 0 aliphatic heterocycles. The van der Waals surface area contributed by atoms with Crippen molar-refractivity contribution < 1.29 is 9.59 Å². The summed E-state index contributed by atoms with van der Waals surface area (Å²) in [6.45, 7) is 3.93. The Balaban J connectivity index is 2.37. The van der Waals surface area contributed by atoms with Crippen molar-refractivity contribution in [3.05, 3.63) is 29.6 Å². The summed E-state index contributed by atoms with van der Waals surface area (Å²) < 4.78 is 0. The van der Waals surface area contributed by atoms with E-state index in [1.54, 1.807) is 12.4 Å². The minimum atomic E-state index is -0.0913. The predicted octanol–water partition coefficient (Wildman–Crippen LogP) is 1.38. The molecule has 0 radical (unpaired) electrons. The number of carbonyl (C=O) groups excluding carboxylic acids is 2. The van der Waals surface area contributed by atoms with Gasteiger partial charge in [-0.1, -0.05) is 0 Å². The summed E-state index contributed by atoms with van der Waals surface area (Å²) >= 11 is 0. The number of pyridine rings is 1. The van der Waals surface area contributed by atoms with Gasteiger partial charge in [0.15, 0.2) is 0 Å². The van der Waals surface area contributed by atoms with Crippen molar-refractivity contribution in [2.75, 3.05) is 0 Å². The maximum Gasteiger partial charge on any atom is 0.220 e. The Labute approximate surface area is 95.1 Å². The second-order valence-corrected chi connectivity index (χ2v) is 3.78. The van der Waals surface area contributed by atoms with E-state index in [9.17, 15) is 9.59 Å². The van der Waals surface area contributed by atoms with Gasteiger partial charge in [-0.15, -0.1) is 0 Å². The third-order valence-corrected chi connectivity index (χ3v) is 2.32. The molecule has 0 spiro atoms. The second kappa shape index (κ2) is 6.00. The topological polar surface area (TPSA) is 59.1 Å². The lowest BCUT2D eigenvalue weighted by atomic mass is 10.1. The number of aromatic nitrogens is 1. The lowest BCUT2D eigenvalue weighted by molar-refractivity contribution is -0.124. The molecular weight excluding hydrogens is 204 g/mol. The van der Waals surface area contributed by atoms with Crippen LogP contribution in [0.25, 0.3) is 0 Å². The average Bonchev–Trinajstić information content (AvgIpc) is 2.25. The van der Waals surface area contributed by atoms with Crippen LogP contribution in [0.4, 0.5) is 0 Å². The van der Waals surface area contributed by atoms with Crippen molar-refractivity contribution >= 4 is 11.7 Å². The Bertz CT molecular complexity index is 388. The van der Waals surface area contributed by atoms with Crippen molar-refractivity contribution in [1.29, 1.82) is 0 Å². The Morgan fingerprint density at radius 2 is 2.12 bits per heavy atom. The van der Waals surface area contributed by atoms with Crippen LogP contribution in [0.1, 0.15) is 30.9 Å². The number of Topliss-reactive ketones (excluding diaryl/α,β-unsaturated/α-hetero) is 1. The molecule has 0 unspecified atom stereocenters. The quantitative estimate of drug-likeness (QED) is 0.815. The van der Waals surface area contributed by atoms with Crippen LogP contribution in [0, 0.1) is 6.92 Å². The fourth-order valence-electron chi connectivity index (χ4n) is 1.27. The standard InChI is InChI=1S/C12H16N2O2/c1-9-7-13-6-5-11(9)8-14-12(16)4-3-10(2)15/h5-7H,3-4,8H2,1-2H3,(H,14,16). The van der Waals surface area contributed by atoms with E-state index in [0.29, 0.717) is 13.0 Å². The second-order valence-electron chi connectivity index (χ2n) is 3.78. The molecule has 0 atom stereocenters. The summed E-state index contributed by atoms with van der Waals surface area (Å²) in [4.78, 5) is 26.0. The van der Waals surface area contributed by atoms with Crippen LogP contribution in [-0.2, 0) is 16.1 Å². The molecule has 0 saturated heterocycles. The highest BCUT2D eigenvalue weighted by Gasteiger charge is 2.04. The number of nitrogens with zero attached hydrogens (tertiary/aromatic N) is 1. The molecule has 0 aromatic carbocycles. The molecule has 1 aromatic heterocycles. The number of carbonyl (C=O) groups is 2. The van der Waals surface area contributed by atoms with Crippen LogP contribution in [0.3, 0.4) is 0 Å². The number of rotatable bonds is 5. The van der Waals surface area contributed by atoms with E-state index in [1.807, 2.05) is 13.0 Å². The molecule has 1 aromatic rings. The molecule has 0 fully saturated rings. The SMILES string of the molecule is CC(=O)CCC(=O)NCc1ccncc1C. The van der Waals surface area contributed by atoms with Crippen molar-refractivity contribution in [1.82, 2.24) is 10.3 Å². The van der Waals surface area contributed by atoms with Crippen molar-refractivity contribution in [2.45, 2.75) is 33.2 Å². The van der Waals surface area contributed by atoms with E-state index in [-0.39, 0.29) is 18.1 Å². The number of nitrogens with one attached hydrogen (secondary N) is 1. The molecule has 0 aliphatic rings. The largest absolute Gasteiger partial charge is 0.352 e. The van der Waals surface area contributed by atoms with Gasteiger partial charge in [-0.25, -0.2) is 0 Å². The first-order valence-corrected chi connectivity index (χ1v) is 5.25. The Hall–Kier alpha value is -1.71. The molecule has 1 rings (SSSR count). The van der Waals surface area contributed by atoms with Crippen molar-refractivity contribution in [3.63, 3.8) is 0 Å². The van der Waals surface area contributed by atoms with Gasteiger partial charge in [-0.05, 0) is 31.0 Å². The lowest BCUT2D eigenvalue weighted by Crippen LogP contribution is -2.23. The van der Waals surface area contributed by atoms with Crippen LogP contribution < -0.4 is 5.32 Å². The Morgan fingerprint density at radius 3 is 2.75 bits per heavy atom. The lowest BCUT2D eigenvalue weighted by Gasteiger charge is -2.06. The summed E-state index contributed by atoms with van der Waals surface area (Å²) in [5, 5.41) is 2.78. The minimum Gasteiger partial charge on any atom is -0.352 e. The minimum absolute atomic E-state index is 0.0373. The third-order valence-electron chi connectivity index (χ3n) is 2.32. The fraction of sp³-hybridized carbons (Fsp3) is 0.417. The van der Waals surface area contributed by atoms with Gasteiger partial charge in [-0.3, -0.25) is 9.78 Å². The maximum atomic E-state index is 11.4. The molecule has 1 heterocycles. The number of aryl methyl sites for hydroxylation is 1. The van der Waals surface area contributed by atoms with Crippen LogP contribution in [0.2, 0.25) is 0 Å². The van der Waals surface area contributed by atoms with Gasteiger partial charge in [0, 0.05) is 31.8 Å². The van der Waals surface area contributed by atoms with Gasteiger partial charge in [-0.2, -0.15) is 0 Å². The monoisotopic (exact) mass is 220 g/mol. The first-order chi connectivity index (χ1) is 7.59. The summed E-state index contributed by atoms with van der Waals surface area (Å²) in [6, 6.07) is 1.88. The average molecular weight is 220 g/mol. The molecule has 4 nitrogen and oxygen atoms in total. The van der Waals surface area contributed by atoms with Gasteiger partial charge in [0.1, 0.15) is 5.78 Å². The van der Waals surface area contributed by atoms with E-state index in [2.05, 4.69) is 10.3 Å². The number of hydrogen-bond acceptors (Lipinski definition) is 3. The van der Waals surface area contributed by atoms with Crippen molar-refractivity contribution in [3.8, 4) is 0 Å². The normalized spacial score (nSPS) is 9.88. The van der Waals surface area contributed by atoms with Crippen LogP contribution in [0.5, 0.6) is 0 Å². The molecule has 1 N–H and O–H groups in total. The van der Waals surface area contributed by atoms with Crippen LogP contribution in [0.15, 0.2) is 18.5 Å². The fourth-order valence-corrected chi connectivity index (χ4v) is 1.27. The third kappa shape index (κ3) is 4.21. The van der Waals surface area contributed by atoms with E-state index in [4.69, 9.17) is 0 Å². The Morgan fingerprint density at radius 1 is 1.38 bits per heavy atom. The number of amides is 1. The molecule has 16 heavy (non-hydrogen) atoms. The molecule has 86 valence electrons. The number of hydrogen-bond donors (Lipinski definition) is 1. The number of ketones is 1.